The molecule has 1 saturated heterocycles. The van der Waals surface area contributed by atoms with Gasteiger partial charge < -0.3 is 81.2 Å². The fourth-order valence-corrected chi connectivity index (χ4v) is 10.7. The van der Waals surface area contributed by atoms with Crippen molar-refractivity contribution in [2.75, 3.05) is 26.2 Å². The number of hydrogen-bond acceptors (Lipinski definition) is 17. The number of benzene rings is 1. The molecule has 0 saturated carbocycles. The number of nitrogens with zero attached hydrogens (tertiary/aromatic N) is 3. The Bertz CT molecular complexity index is 2660. The van der Waals surface area contributed by atoms with E-state index in [0.717, 1.165) is 6.92 Å². The summed E-state index contributed by atoms with van der Waals surface area (Å²) in [6.07, 6.45) is -2.26. The number of Topliss-reactive ketones (excluding diaryl/α,β-unsaturated/α-hetero) is 4. The molecule has 0 aliphatic carbocycles. The number of primary amides is 1. The van der Waals surface area contributed by atoms with Crippen molar-refractivity contribution in [1.29, 1.82) is 0 Å². The number of rotatable bonds is 44. The van der Waals surface area contributed by atoms with Crippen LogP contribution >= 0.6 is 0 Å². The molecule has 1 fully saturated rings. The molecule has 1 aliphatic heterocycles. The molecular formula is C61H100N14O15. The van der Waals surface area contributed by atoms with E-state index in [-0.39, 0.29) is 119 Å². The molecule has 90 heavy (non-hydrogen) atoms. The van der Waals surface area contributed by atoms with Gasteiger partial charge >= 0.3 is 5.97 Å². The summed E-state index contributed by atoms with van der Waals surface area (Å²) in [5.74, 6) is -14.4. The van der Waals surface area contributed by atoms with Crippen molar-refractivity contribution >= 4 is 82.4 Å². The van der Waals surface area contributed by atoms with Crippen LogP contribution in [0.2, 0.25) is 0 Å². The molecule has 0 radical (unpaired) electrons. The number of aromatic hydroxyl groups is 1. The highest BCUT2D eigenvalue weighted by Gasteiger charge is 2.41. The molecule has 0 unspecified atom stereocenters. The van der Waals surface area contributed by atoms with E-state index in [0.29, 0.717) is 37.7 Å². The van der Waals surface area contributed by atoms with Gasteiger partial charge in [-0.1, -0.05) is 39.8 Å². The monoisotopic (exact) mass is 1270 g/mol. The van der Waals surface area contributed by atoms with Gasteiger partial charge in [-0.3, -0.25) is 67.5 Å². The number of guanidine groups is 2. The number of aliphatic imine (C=N–C) groups is 2. The number of likely N-dealkylation sites (tertiary alicyclic amines) is 1. The summed E-state index contributed by atoms with van der Waals surface area (Å²) in [7, 11) is 0. The number of carbonyl (C=O) groups excluding carboxylic acids is 11. The fraction of sp³-hybridized carbons (Fsp3) is 0.672. The normalized spacial score (nSPS) is 16.3. The first kappa shape index (κ1) is 78.0. The van der Waals surface area contributed by atoms with Crippen molar-refractivity contribution in [1.82, 2.24) is 31.5 Å². The van der Waals surface area contributed by atoms with E-state index in [1.807, 2.05) is 27.7 Å². The Hall–Kier alpha value is -8.08. The average molecular weight is 1270 g/mol. The molecule has 1 aromatic carbocycles. The number of hydrogen-bond donors (Lipinski definition) is 14. The Balaban J connectivity index is 2.42. The number of aliphatic carboxylic acids is 1. The maximum Gasteiger partial charge on any atom is 0.304 e. The number of carboxylic acids is 1. The number of carbonyl (C=O) groups is 12. The number of carboxylic acid groups (broad SMARTS) is 1. The second-order valence-corrected chi connectivity index (χ2v) is 24.3. The molecule has 11 atom stereocenters. The van der Waals surface area contributed by atoms with Crippen LogP contribution in [0, 0.1) is 35.5 Å². The summed E-state index contributed by atoms with van der Waals surface area (Å²) >= 11 is 0. The Morgan fingerprint density at radius 2 is 1.10 bits per heavy atom. The van der Waals surface area contributed by atoms with Crippen molar-refractivity contribution in [2.24, 2.45) is 79.9 Å². The van der Waals surface area contributed by atoms with E-state index < -0.39 is 150 Å². The highest BCUT2D eigenvalue weighted by Crippen LogP contribution is 2.27. The van der Waals surface area contributed by atoms with Crippen LogP contribution in [-0.4, -0.2) is 171 Å². The zero-order chi connectivity index (χ0) is 67.9. The van der Waals surface area contributed by atoms with Crippen LogP contribution in [0.1, 0.15) is 157 Å². The Kier molecular flexibility index (Phi) is 34.5. The Morgan fingerprint density at radius 1 is 0.589 bits per heavy atom. The predicted octanol–water partition coefficient (Wildman–Crippen LogP) is -0.640. The minimum atomic E-state index is -1.76. The van der Waals surface area contributed by atoms with Crippen LogP contribution in [0.15, 0.2) is 34.3 Å². The molecule has 2 rings (SSSR count). The number of ketones is 4. The SMILES string of the molecule is CC(=O)N[C@@H](CC(C)C)C(=O)C[C@@H](CCCN=C(N)N)C(=O)N1CCC[C@H]1C(=O)N[C@@H](C)C(=O)N[C@H](C(=O)C[C@@H](CC(=O)O)C(=O)N[C@@H](CCCCN)C(=O)C[C@@H](Cc1ccc(O)cc1)C(=O)N[C@@H](CCCN=C(N)N)C(=O)C[C@@H](CC(C)C)C(N)=O)[C@@H](C)O. The molecule has 0 bridgehead atoms. The second kappa shape index (κ2) is 39.8. The average Bonchev–Trinajstić information content (AvgIpc) is 1.74. The first-order valence-electron chi connectivity index (χ1n) is 30.9. The van der Waals surface area contributed by atoms with Gasteiger partial charge in [0.2, 0.25) is 41.4 Å². The smallest absolute Gasteiger partial charge is 0.304 e. The van der Waals surface area contributed by atoms with Gasteiger partial charge in [-0.25, -0.2) is 0 Å². The zero-order valence-corrected chi connectivity index (χ0v) is 53.2. The summed E-state index contributed by atoms with van der Waals surface area (Å²) in [5, 5.41) is 43.9. The number of phenols is 1. The molecule has 29 nitrogen and oxygen atoms in total. The number of amides is 7. The molecule has 1 aromatic rings. The zero-order valence-electron chi connectivity index (χ0n) is 53.2. The highest BCUT2D eigenvalue weighted by molar-refractivity contribution is 5.99. The van der Waals surface area contributed by atoms with Crippen molar-refractivity contribution in [3.63, 3.8) is 0 Å². The molecule has 504 valence electrons. The number of aliphatic hydroxyl groups is 1. The van der Waals surface area contributed by atoms with Gasteiger partial charge in [0, 0.05) is 70.0 Å². The fourth-order valence-electron chi connectivity index (χ4n) is 10.7. The third-order valence-corrected chi connectivity index (χ3v) is 15.4. The number of aliphatic hydroxyl groups excluding tert-OH is 1. The van der Waals surface area contributed by atoms with E-state index in [2.05, 4.69) is 36.6 Å². The third-order valence-electron chi connectivity index (χ3n) is 15.4. The van der Waals surface area contributed by atoms with Crippen molar-refractivity contribution in [3.05, 3.63) is 29.8 Å². The summed E-state index contributed by atoms with van der Waals surface area (Å²) < 4.78 is 0. The maximum atomic E-state index is 14.6. The molecule has 0 spiro atoms. The van der Waals surface area contributed by atoms with Crippen molar-refractivity contribution in [3.8, 4) is 5.75 Å². The highest BCUT2D eigenvalue weighted by atomic mass is 16.4. The quantitative estimate of drug-likeness (QED) is 0.0219. The van der Waals surface area contributed by atoms with Crippen molar-refractivity contribution < 1.29 is 72.9 Å². The lowest BCUT2D eigenvalue weighted by Crippen LogP contribution is -2.56. The topological polar surface area (TPSA) is 510 Å². The number of unbranched alkanes of at least 4 members (excludes halogenated alkanes) is 1. The van der Waals surface area contributed by atoms with Gasteiger partial charge in [0.15, 0.2) is 35.1 Å². The molecule has 0 aromatic heterocycles. The Morgan fingerprint density at radius 3 is 1.61 bits per heavy atom. The van der Waals surface area contributed by atoms with Gasteiger partial charge in [-0.05, 0) is 127 Å². The van der Waals surface area contributed by atoms with Crippen LogP contribution < -0.4 is 61.0 Å². The van der Waals surface area contributed by atoms with Crippen LogP contribution in [0.5, 0.6) is 5.75 Å². The molecule has 29 heteroatoms. The summed E-state index contributed by atoms with van der Waals surface area (Å²) in [4.78, 5) is 173. The molecule has 7 amide bonds. The van der Waals surface area contributed by atoms with E-state index >= 15 is 0 Å². The van der Waals surface area contributed by atoms with Crippen LogP contribution in [-0.2, 0) is 64.0 Å². The third kappa shape index (κ3) is 29.0. The standard InChI is InChI=1S/C61H100N14O15/c1-33(2)25-40(54(63)85)29-48(79)45(15-11-23-69-61(66)67)73-56(87)41(27-38-17-19-43(78)20-18-38)30-49(80)44(14-8-9-21-62)72-57(88)42(32-52(83)84)31-51(82)53(36(6)76)74-55(86)35(5)70-58(89)47-16-12-24-75(47)59(90)39(13-10-22-68-60(64)65)28-50(81)46(26-34(3)4)71-37(7)77/h17-20,33-36,39-42,44-47,53,76,78H,8-16,21-32,62H2,1-7H3,(H2,63,85)(H,70,89)(H,71,77)(H,72,88)(H,73,87)(H,74,86)(H,83,84)(H4,64,65,68)(H4,66,67,69)/t35-,36+,39+,40+,41+,42-,44-,45-,46-,47-,53-/m0/s1. The van der Waals surface area contributed by atoms with Crippen LogP contribution in [0.25, 0.3) is 0 Å². The minimum Gasteiger partial charge on any atom is -0.508 e. The van der Waals surface area contributed by atoms with Gasteiger partial charge in [0.1, 0.15) is 23.9 Å². The van der Waals surface area contributed by atoms with Crippen molar-refractivity contribution in [2.45, 2.75) is 200 Å². The summed E-state index contributed by atoms with van der Waals surface area (Å²) in [5.41, 5.74) is 34.0. The molecule has 1 aliphatic rings. The lowest BCUT2D eigenvalue weighted by Gasteiger charge is -2.30. The second-order valence-electron chi connectivity index (χ2n) is 24.3. The van der Waals surface area contributed by atoms with Gasteiger partial charge in [-0.15, -0.1) is 0 Å². The van der Waals surface area contributed by atoms with Gasteiger partial charge in [0.05, 0.1) is 36.6 Å². The number of nitrogens with one attached hydrogen (secondary N) is 5. The summed E-state index contributed by atoms with van der Waals surface area (Å²) in [6.45, 7) is 11.8. The van der Waals surface area contributed by atoms with E-state index in [4.69, 9.17) is 34.4 Å². The number of phenolic OH excluding ortho intramolecular Hbond substituents is 1. The minimum absolute atomic E-state index is 0.00532. The van der Waals surface area contributed by atoms with Gasteiger partial charge in [0.25, 0.3) is 0 Å². The number of nitrogens with two attached hydrogens (primary N) is 6. The first-order valence-corrected chi connectivity index (χ1v) is 30.9. The molecule has 1 heterocycles. The summed E-state index contributed by atoms with van der Waals surface area (Å²) in [6, 6.07) is -1.92. The van der Waals surface area contributed by atoms with Gasteiger partial charge in [-0.2, -0.15) is 0 Å². The predicted molar refractivity (Wildman–Crippen MR) is 335 cm³/mol. The van der Waals surface area contributed by atoms with Crippen LogP contribution in [0.4, 0.5) is 0 Å². The van der Waals surface area contributed by atoms with E-state index in [1.54, 1.807) is 0 Å². The lowest BCUT2D eigenvalue weighted by molar-refractivity contribution is -0.144. The molecular weight excluding hydrogens is 1170 g/mol. The van der Waals surface area contributed by atoms with E-state index in [1.165, 1.54) is 43.0 Å². The largest absolute Gasteiger partial charge is 0.508 e. The van der Waals surface area contributed by atoms with Crippen LogP contribution in [0.3, 0.4) is 0 Å². The lowest BCUT2D eigenvalue weighted by atomic mass is 9.87. The Labute approximate surface area is 526 Å². The maximum absolute atomic E-state index is 14.6. The first-order chi connectivity index (χ1) is 42.2. The molecule has 20 N–H and O–H groups in total. The van der Waals surface area contributed by atoms with E-state index in [9.17, 15) is 72.9 Å².